The summed E-state index contributed by atoms with van der Waals surface area (Å²) in [6.45, 7) is 0. The standard InChI is InChI=1S/C14H12BrN/c15-12-9-14(10-5-2-1-3-6-10)16-13-8-4-7-11(12)13/h1-3,5-6,9H,4,7-8H2. The van der Waals surface area contributed by atoms with Crippen LogP contribution in [0.25, 0.3) is 11.3 Å². The van der Waals surface area contributed by atoms with E-state index < -0.39 is 0 Å². The van der Waals surface area contributed by atoms with E-state index in [-0.39, 0.29) is 0 Å². The Bertz CT molecular complexity index is 520. The van der Waals surface area contributed by atoms with E-state index in [1.54, 1.807) is 0 Å². The minimum Gasteiger partial charge on any atom is -0.252 e. The van der Waals surface area contributed by atoms with Crippen LogP contribution in [0, 0.1) is 0 Å². The Hall–Kier alpha value is -1.15. The third kappa shape index (κ3) is 1.67. The summed E-state index contributed by atoms with van der Waals surface area (Å²) in [6.07, 6.45) is 3.52. The van der Waals surface area contributed by atoms with Gasteiger partial charge in [0.25, 0.3) is 0 Å². The fraction of sp³-hybridized carbons (Fsp3) is 0.214. The average molecular weight is 274 g/mol. The number of aromatic nitrogens is 1. The highest BCUT2D eigenvalue weighted by molar-refractivity contribution is 9.10. The highest BCUT2D eigenvalue weighted by atomic mass is 79.9. The minimum atomic E-state index is 1.08. The van der Waals surface area contributed by atoms with Crippen molar-refractivity contribution in [3.05, 3.63) is 52.1 Å². The van der Waals surface area contributed by atoms with Crippen LogP contribution in [-0.2, 0) is 12.8 Å². The van der Waals surface area contributed by atoms with Crippen LogP contribution in [0.4, 0.5) is 0 Å². The quantitative estimate of drug-likeness (QED) is 0.766. The van der Waals surface area contributed by atoms with Gasteiger partial charge in [-0.3, -0.25) is 4.98 Å². The summed E-state index contributed by atoms with van der Waals surface area (Å²) in [6, 6.07) is 12.5. The Morgan fingerprint density at radius 2 is 1.88 bits per heavy atom. The molecule has 0 N–H and O–H groups in total. The lowest BCUT2D eigenvalue weighted by atomic mass is 10.1. The van der Waals surface area contributed by atoms with Crippen LogP contribution in [-0.4, -0.2) is 4.98 Å². The van der Waals surface area contributed by atoms with Crippen molar-refractivity contribution in [1.29, 1.82) is 0 Å². The van der Waals surface area contributed by atoms with Crippen LogP contribution in [0.1, 0.15) is 17.7 Å². The summed E-state index contributed by atoms with van der Waals surface area (Å²) in [7, 11) is 0. The molecule has 0 atom stereocenters. The maximum absolute atomic E-state index is 4.75. The molecule has 0 radical (unpaired) electrons. The van der Waals surface area contributed by atoms with Gasteiger partial charge in [-0.1, -0.05) is 46.3 Å². The SMILES string of the molecule is Brc1cc(-c2ccccc2)nc2c1CCC2. The molecule has 2 heteroatoms. The molecule has 1 nitrogen and oxygen atoms in total. The number of rotatable bonds is 1. The minimum absolute atomic E-state index is 1.08. The van der Waals surface area contributed by atoms with E-state index in [2.05, 4.69) is 46.3 Å². The van der Waals surface area contributed by atoms with Gasteiger partial charge in [0.05, 0.1) is 5.69 Å². The molecule has 0 amide bonds. The number of benzene rings is 1. The van der Waals surface area contributed by atoms with Gasteiger partial charge in [0.2, 0.25) is 0 Å². The first-order valence-corrected chi connectivity index (χ1v) is 6.37. The zero-order valence-electron chi connectivity index (χ0n) is 8.91. The highest BCUT2D eigenvalue weighted by Gasteiger charge is 2.16. The molecule has 0 spiro atoms. The fourth-order valence-electron chi connectivity index (χ4n) is 2.25. The molecule has 2 aromatic rings. The van der Waals surface area contributed by atoms with Crippen LogP contribution in [0.5, 0.6) is 0 Å². The van der Waals surface area contributed by atoms with Gasteiger partial charge < -0.3 is 0 Å². The Balaban J connectivity index is 2.13. The average Bonchev–Trinajstić information content (AvgIpc) is 2.79. The van der Waals surface area contributed by atoms with Gasteiger partial charge in [0, 0.05) is 15.7 Å². The maximum atomic E-state index is 4.75. The first kappa shape index (κ1) is 10.0. The second-order valence-electron chi connectivity index (χ2n) is 4.13. The summed E-state index contributed by atoms with van der Waals surface area (Å²) in [5.74, 6) is 0. The molecular formula is C14H12BrN. The van der Waals surface area contributed by atoms with Crippen LogP contribution in [0.15, 0.2) is 40.9 Å². The summed E-state index contributed by atoms with van der Waals surface area (Å²) in [4.78, 5) is 4.75. The van der Waals surface area contributed by atoms with Gasteiger partial charge in [0.15, 0.2) is 0 Å². The van der Waals surface area contributed by atoms with Crippen molar-refractivity contribution >= 4 is 15.9 Å². The number of aryl methyl sites for hydroxylation is 1. The molecule has 16 heavy (non-hydrogen) atoms. The molecule has 0 fully saturated rings. The van der Waals surface area contributed by atoms with Gasteiger partial charge in [0.1, 0.15) is 0 Å². The summed E-state index contributed by atoms with van der Waals surface area (Å²) in [5, 5.41) is 0. The molecule has 1 aromatic carbocycles. The first-order chi connectivity index (χ1) is 7.84. The molecule has 1 aliphatic rings. The molecule has 0 aliphatic heterocycles. The topological polar surface area (TPSA) is 12.9 Å². The maximum Gasteiger partial charge on any atom is 0.0716 e. The highest BCUT2D eigenvalue weighted by Crippen LogP contribution is 2.31. The first-order valence-electron chi connectivity index (χ1n) is 5.58. The number of pyridine rings is 1. The van der Waals surface area contributed by atoms with Crippen molar-refractivity contribution in [3.8, 4) is 11.3 Å². The molecule has 1 aliphatic carbocycles. The Kier molecular flexibility index (Phi) is 2.52. The smallest absolute Gasteiger partial charge is 0.0716 e. The Morgan fingerprint density at radius 1 is 1.06 bits per heavy atom. The fourth-order valence-corrected chi connectivity index (χ4v) is 2.89. The van der Waals surface area contributed by atoms with Crippen molar-refractivity contribution in [2.75, 3.05) is 0 Å². The summed E-state index contributed by atoms with van der Waals surface area (Å²) in [5.41, 5.74) is 4.94. The van der Waals surface area contributed by atoms with Crippen molar-refractivity contribution in [1.82, 2.24) is 4.98 Å². The molecule has 3 rings (SSSR count). The largest absolute Gasteiger partial charge is 0.252 e. The second-order valence-corrected chi connectivity index (χ2v) is 4.99. The molecule has 80 valence electrons. The van der Waals surface area contributed by atoms with Crippen molar-refractivity contribution in [2.24, 2.45) is 0 Å². The third-order valence-electron chi connectivity index (χ3n) is 3.07. The number of nitrogens with zero attached hydrogens (tertiary/aromatic N) is 1. The summed E-state index contributed by atoms with van der Waals surface area (Å²) < 4.78 is 1.22. The number of halogens is 1. The van der Waals surface area contributed by atoms with Crippen LogP contribution < -0.4 is 0 Å². The molecule has 0 saturated carbocycles. The molecule has 1 heterocycles. The number of hydrogen-bond donors (Lipinski definition) is 0. The molecular weight excluding hydrogens is 262 g/mol. The van der Waals surface area contributed by atoms with Gasteiger partial charge in [-0.05, 0) is 30.9 Å². The molecule has 0 unspecified atom stereocenters. The Labute approximate surface area is 104 Å². The molecule has 1 aromatic heterocycles. The summed E-state index contributed by atoms with van der Waals surface area (Å²) >= 11 is 3.66. The second kappa shape index (κ2) is 4.02. The zero-order valence-corrected chi connectivity index (χ0v) is 10.5. The van der Waals surface area contributed by atoms with Crippen molar-refractivity contribution < 1.29 is 0 Å². The third-order valence-corrected chi connectivity index (χ3v) is 3.77. The lowest BCUT2D eigenvalue weighted by Crippen LogP contribution is -1.92. The zero-order chi connectivity index (χ0) is 11.0. The van der Waals surface area contributed by atoms with Crippen LogP contribution in [0.3, 0.4) is 0 Å². The van der Waals surface area contributed by atoms with Crippen LogP contribution in [0.2, 0.25) is 0 Å². The predicted octanol–water partition coefficient (Wildman–Crippen LogP) is 4.00. The van der Waals surface area contributed by atoms with Crippen molar-refractivity contribution in [3.63, 3.8) is 0 Å². The van der Waals surface area contributed by atoms with Crippen molar-refractivity contribution in [2.45, 2.75) is 19.3 Å². The Morgan fingerprint density at radius 3 is 2.69 bits per heavy atom. The van der Waals surface area contributed by atoms with Gasteiger partial charge >= 0.3 is 0 Å². The number of hydrogen-bond acceptors (Lipinski definition) is 1. The lowest BCUT2D eigenvalue weighted by molar-refractivity contribution is 0.899. The van der Waals surface area contributed by atoms with E-state index >= 15 is 0 Å². The van der Waals surface area contributed by atoms with Crippen LogP contribution >= 0.6 is 15.9 Å². The number of fused-ring (bicyclic) bond motifs is 1. The molecule has 0 saturated heterocycles. The molecule has 0 bridgehead atoms. The van der Waals surface area contributed by atoms with E-state index in [4.69, 9.17) is 4.98 Å². The van der Waals surface area contributed by atoms with E-state index in [1.165, 1.54) is 27.7 Å². The normalized spacial score (nSPS) is 13.8. The van der Waals surface area contributed by atoms with Gasteiger partial charge in [-0.2, -0.15) is 0 Å². The monoisotopic (exact) mass is 273 g/mol. The predicted molar refractivity (Wildman–Crippen MR) is 69.4 cm³/mol. The lowest BCUT2D eigenvalue weighted by Gasteiger charge is -2.06. The van der Waals surface area contributed by atoms with E-state index in [9.17, 15) is 0 Å². The van der Waals surface area contributed by atoms with Gasteiger partial charge in [-0.15, -0.1) is 0 Å². The van der Waals surface area contributed by atoms with E-state index in [1.807, 2.05) is 6.07 Å². The van der Waals surface area contributed by atoms with E-state index in [0.717, 1.165) is 18.5 Å². The van der Waals surface area contributed by atoms with E-state index in [0.29, 0.717) is 0 Å². The van der Waals surface area contributed by atoms with Gasteiger partial charge in [-0.25, -0.2) is 0 Å².